The SMILES string of the molecule is COc1ccc(/C=C/C(=O)Nc2c(C)cccc2C(C)C)c(OC)c1OC. The van der Waals surface area contributed by atoms with Gasteiger partial charge in [0.15, 0.2) is 11.5 Å². The topological polar surface area (TPSA) is 56.8 Å². The molecule has 0 aromatic heterocycles. The Labute approximate surface area is 161 Å². The number of amides is 1. The van der Waals surface area contributed by atoms with E-state index in [0.717, 1.165) is 22.4 Å². The van der Waals surface area contributed by atoms with Gasteiger partial charge in [0, 0.05) is 17.3 Å². The number of anilines is 1. The van der Waals surface area contributed by atoms with E-state index in [2.05, 4.69) is 19.2 Å². The third-order valence-electron chi connectivity index (χ3n) is 4.32. The Kier molecular flexibility index (Phi) is 6.88. The van der Waals surface area contributed by atoms with Crippen LogP contribution < -0.4 is 19.5 Å². The largest absolute Gasteiger partial charge is 0.493 e. The zero-order chi connectivity index (χ0) is 20.0. The third kappa shape index (κ3) is 4.61. The van der Waals surface area contributed by atoms with Crippen molar-refractivity contribution in [3.8, 4) is 17.2 Å². The molecule has 2 aromatic carbocycles. The third-order valence-corrected chi connectivity index (χ3v) is 4.32. The van der Waals surface area contributed by atoms with Crippen molar-refractivity contribution in [1.29, 1.82) is 0 Å². The van der Waals surface area contributed by atoms with Crippen LogP contribution in [0.15, 0.2) is 36.4 Å². The summed E-state index contributed by atoms with van der Waals surface area (Å²) < 4.78 is 16.1. The van der Waals surface area contributed by atoms with Crippen LogP contribution in [0.5, 0.6) is 17.2 Å². The highest BCUT2D eigenvalue weighted by Gasteiger charge is 2.15. The normalized spacial score (nSPS) is 10.9. The van der Waals surface area contributed by atoms with Gasteiger partial charge >= 0.3 is 0 Å². The number of carbonyl (C=O) groups excluding carboxylic acids is 1. The number of carbonyl (C=O) groups is 1. The van der Waals surface area contributed by atoms with E-state index in [0.29, 0.717) is 23.2 Å². The van der Waals surface area contributed by atoms with E-state index in [4.69, 9.17) is 14.2 Å². The number of hydrogen-bond acceptors (Lipinski definition) is 4. The molecule has 0 saturated heterocycles. The fraction of sp³-hybridized carbons (Fsp3) is 0.318. The molecule has 1 amide bonds. The van der Waals surface area contributed by atoms with Crippen LogP contribution >= 0.6 is 0 Å². The zero-order valence-corrected chi connectivity index (χ0v) is 16.8. The van der Waals surface area contributed by atoms with E-state index in [-0.39, 0.29) is 5.91 Å². The molecule has 0 unspecified atom stereocenters. The molecule has 5 heteroatoms. The summed E-state index contributed by atoms with van der Waals surface area (Å²) in [5.41, 5.74) is 3.73. The molecule has 0 aliphatic rings. The predicted octanol–water partition coefficient (Wildman–Crippen LogP) is 4.80. The molecule has 144 valence electrons. The lowest BCUT2D eigenvalue weighted by Crippen LogP contribution is -2.11. The first kappa shape index (κ1) is 20.4. The van der Waals surface area contributed by atoms with Gasteiger partial charge in [0.25, 0.3) is 0 Å². The predicted molar refractivity (Wildman–Crippen MR) is 109 cm³/mol. The van der Waals surface area contributed by atoms with Crippen LogP contribution in [0.25, 0.3) is 6.08 Å². The zero-order valence-electron chi connectivity index (χ0n) is 16.8. The Morgan fingerprint density at radius 2 is 1.70 bits per heavy atom. The van der Waals surface area contributed by atoms with Crippen molar-refractivity contribution >= 4 is 17.7 Å². The number of rotatable bonds is 7. The molecule has 27 heavy (non-hydrogen) atoms. The molecule has 1 N–H and O–H groups in total. The van der Waals surface area contributed by atoms with Crippen LogP contribution in [-0.2, 0) is 4.79 Å². The second kappa shape index (κ2) is 9.12. The van der Waals surface area contributed by atoms with Gasteiger partial charge in [0.2, 0.25) is 11.7 Å². The number of para-hydroxylation sites is 1. The van der Waals surface area contributed by atoms with Crippen LogP contribution in [0.1, 0.15) is 36.5 Å². The summed E-state index contributed by atoms with van der Waals surface area (Å²) in [6.07, 6.45) is 3.18. The van der Waals surface area contributed by atoms with Crippen LogP contribution in [0.4, 0.5) is 5.69 Å². The first-order chi connectivity index (χ1) is 12.9. The van der Waals surface area contributed by atoms with E-state index < -0.39 is 0 Å². The summed E-state index contributed by atoms with van der Waals surface area (Å²) in [4.78, 5) is 12.5. The highest BCUT2D eigenvalue weighted by molar-refractivity contribution is 6.03. The van der Waals surface area contributed by atoms with Crippen LogP contribution in [0, 0.1) is 6.92 Å². The molecule has 0 fully saturated rings. The molecule has 5 nitrogen and oxygen atoms in total. The Bertz CT molecular complexity index is 840. The van der Waals surface area contributed by atoms with Crippen molar-refractivity contribution in [2.24, 2.45) is 0 Å². The monoisotopic (exact) mass is 369 g/mol. The minimum absolute atomic E-state index is 0.206. The van der Waals surface area contributed by atoms with Crippen LogP contribution in [0.2, 0.25) is 0 Å². The molecule has 0 bridgehead atoms. The highest BCUT2D eigenvalue weighted by Crippen LogP contribution is 2.40. The van der Waals surface area contributed by atoms with E-state index in [1.54, 1.807) is 33.5 Å². The summed E-state index contributed by atoms with van der Waals surface area (Å²) in [5, 5.41) is 3.00. The van der Waals surface area contributed by atoms with Gasteiger partial charge in [-0.15, -0.1) is 0 Å². The van der Waals surface area contributed by atoms with E-state index in [1.807, 2.05) is 31.2 Å². The number of ether oxygens (including phenoxy) is 3. The maximum atomic E-state index is 12.5. The Morgan fingerprint density at radius 1 is 1.00 bits per heavy atom. The Balaban J connectivity index is 2.28. The van der Waals surface area contributed by atoms with Gasteiger partial charge < -0.3 is 19.5 Å². The highest BCUT2D eigenvalue weighted by atomic mass is 16.5. The minimum atomic E-state index is -0.206. The van der Waals surface area contributed by atoms with E-state index in [1.165, 1.54) is 6.08 Å². The number of methoxy groups -OCH3 is 3. The molecule has 2 rings (SSSR count). The quantitative estimate of drug-likeness (QED) is 0.713. The first-order valence-corrected chi connectivity index (χ1v) is 8.80. The van der Waals surface area contributed by atoms with Crippen molar-refractivity contribution in [1.82, 2.24) is 0 Å². The number of nitrogens with one attached hydrogen (secondary N) is 1. The van der Waals surface area contributed by atoms with Gasteiger partial charge in [0.1, 0.15) is 0 Å². The van der Waals surface area contributed by atoms with Crippen molar-refractivity contribution in [3.05, 3.63) is 53.1 Å². The molecule has 0 heterocycles. The maximum Gasteiger partial charge on any atom is 0.248 e. The minimum Gasteiger partial charge on any atom is -0.493 e. The Morgan fingerprint density at radius 3 is 2.30 bits per heavy atom. The second-order valence-electron chi connectivity index (χ2n) is 6.44. The molecular formula is C22H27NO4. The molecular weight excluding hydrogens is 342 g/mol. The van der Waals surface area contributed by atoms with Crippen molar-refractivity contribution in [2.45, 2.75) is 26.7 Å². The van der Waals surface area contributed by atoms with Crippen molar-refractivity contribution in [3.63, 3.8) is 0 Å². The van der Waals surface area contributed by atoms with Gasteiger partial charge in [-0.2, -0.15) is 0 Å². The summed E-state index contributed by atoms with van der Waals surface area (Å²) >= 11 is 0. The fourth-order valence-electron chi connectivity index (χ4n) is 2.93. The fourth-order valence-corrected chi connectivity index (χ4v) is 2.93. The van der Waals surface area contributed by atoms with Crippen molar-refractivity contribution in [2.75, 3.05) is 26.6 Å². The number of aryl methyl sites for hydroxylation is 1. The van der Waals surface area contributed by atoms with Gasteiger partial charge in [-0.1, -0.05) is 32.0 Å². The lowest BCUT2D eigenvalue weighted by molar-refractivity contribution is -0.111. The summed E-state index contributed by atoms with van der Waals surface area (Å²) in [7, 11) is 4.66. The van der Waals surface area contributed by atoms with Crippen molar-refractivity contribution < 1.29 is 19.0 Å². The first-order valence-electron chi connectivity index (χ1n) is 8.80. The standard InChI is InChI=1S/C22H27NO4/c1-14(2)17-9-7-8-15(3)20(17)23-19(24)13-11-16-10-12-18(25-4)22(27-6)21(16)26-5/h7-14H,1-6H3,(H,23,24)/b13-11+. The average molecular weight is 369 g/mol. The summed E-state index contributed by atoms with van der Waals surface area (Å²) in [6, 6.07) is 9.62. The smallest absolute Gasteiger partial charge is 0.248 e. The summed E-state index contributed by atoms with van der Waals surface area (Å²) in [5.74, 6) is 1.68. The van der Waals surface area contributed by atoms with Crippen LogP contribution in [0.3, 0.4) is 0 Å². The van der Waals surface area contributed by atoms with Gasteiger partial charge in [-0.25, -0.2) is 0 Å². The van der Waals surface area contributed by atoms with Crippen LogP contribution in [-0.4, -0.2) is 27.2 Å². The van der Waals surface area contributed by atoms with E-state index >= 15 is 0 Å². The van der Waals surface area contributed by atoms with Gasteiger partial charge in [-0.3, -0.25) is 4.79 Å². The van der Waals surface area contributed by atoms with E-state index in [9.17, 15) is 4.79 Å². The molecule has 2 aromatic rings. The average Bonchev–Trinajstić information content (AvgIpc) is 2.66. The number of hydrogen-bond donors (Lipinski definition) is 1. The molecule has 0 aliphatic heterocycles. The Hall–Kier alpha value is -2.95. The van der Waals surface area contributed by atoms with Gasteiger partial charge in [0.05, 0.1) is 21.3 Å². The molecule has 0 spiro atoms. The molecule has 0 atom stereocenters. The maximum absolute atomic E-state index is 12.5. The lowest BCUT2D eigenvalue weighted by Gasteiger charge is -2.16. The lowest BCUT2D eigenvalue weighted by atomic mass is 9.98. The second-order valence-corrected chi connectivity index (χ2v) is 6.44. The van der Waals surface area contributed by atoms with Gasteiger partial charge in [-0.05, 0) is 42.2 Å². The number of benzene rings is 2. The summed E-state index contributed by atoms with van der Waals surface area (Å²) in [6.45, 7) is 6.20. The molecule has 0 saturated carbocycles. The molecule has 0 radical (unpaired) electrons. The molecule has 0 aliphatic carbocycles.